The third kappa shape index (κ3) is 19.9. The van der Waals surface area contributed by atoms with Crippen LogP contribution in [-0.4, -0.2) is 11.5 Å². The van der Waals surface area contributed by atoms with E-state index in [1.165, 1.54) is 145 Å². The summed E-state index contributed by atoms with van der Waals surface area (Å²) in [6, 6.07) is 11.2. The largest absolute Gasteiger partial charge is 0.143 e. The van der Waals surface area contributed by atoms with Crippen LogP contribution in [0.4, 0.5) is 0 Å². The van der Waals surface area contributed by atoms with Crippen molar-refractivity contribution in [1.82, 2.24) is 0 Å². The van der Waals surface area contributed by atoms with E-state index in [-0.39, 0.29) is 0 Å². The molecule has 0 aliphatic carbocycles. The van der Waals surface area contributed by atoms with Gasteiger partial charge in [0.15, 0.2) is 0 Å². The second-order valence-electron chi connectivity index (χ2n) is 9.85. The summed E-state index contributed by atoms with van der Waals surface area (Å²) in [5.41, 5.74) is 1.52. The molecule has 0 unspecified atom stereocenters. The second kappa shape index (κ2) is 25.0. The van der Waals surface area contributed by atoms with Crippen molar-refractivity contribution in [3.8, 4) is 0 Å². The Kier molecular flexibility index (Phi) is 23.5. The van der Waals surface area contributed by atoms with Gasteiger partial charge in [-0.1, -0.05) is 160 Å². The third-order valence-corrected chi connectivity index (χ3v) is 9.62. The highest BCUT2D eigenvalue weighted by molar-refractivity contribution is 8.16. The normalized spacial score (nSPS) is 11.5. The van der Waals surface area contributed by atoms with Crippen molar-refractivity contribution in [2.24, 2.45) is 0 Å². The van der Waals surface area contributed by atoms with Crippen LogP contribution in [0.15, 0.2) is 30.3 Å². The number of hydrogen-bond donors (Lipinski definition) is 0. The molecule has 0 aliphatic heterocycles. The maximum atomic E-state index is 2.34. The van der Waals surface area contributed by atoms with E-state index in [0.717, 1.165) is 0 Å². The molecular formula is C31H56S2. The Morgan fingerprint density at radius 1 is 0.455 bits per heavy atom. The predicted molar refractivity (Wildman–Crippen MR) is 158 cm³/mol. The fourth-order valence-electron chi connectivity index (χ4n) is 4.41. The van der Waals surface area contributed by atoms with E-state index in [9.17, 15) is 0 Å². The van der Waals surface area contributed by atoms with E-state index in [0.29, 0.717) is 4.58 Å². The Labute approximate surface area is 217 Å². The first-order chi connectivity index (χ1) is 16.4. The quantitative estimate of drug-likeness (QED) is 0.0982. The van der Waals surface area contributed by atoms with E-state index in [1.54, 1.807) is 0 Å². The van der Waals surface area contributed by atoms with Crippen LogP contribution in [0.2, 0.25) is 0 Å². The molecule has 0 aliphatic rings. The van der Waals surface area contributed by atoms with Crippen molar-refractivity contribution in [2.45, 2.75) is 147 Å². The number of hydrogen-bond acceptors (Lipinski definition) is 2. The number of unbranched alkanes of at least 4 members (excludes halogenated alkanes) is 18. The van der Waals surface area contributed by atoms with Gasteiger partial charge in [-0.3, -0.25) is 0 Å². The SMILES string of the molecule is CCCCCCCCCCCCSC(SCCCCCCCCCCCC)c1ccccc1. The molecule has 1 aromatic rings. The van der Waals surface area contributed by atoms with Crippen LogP contribution in [0.3, 0.4) is 0 Å². The molecule has 0 nitrogen and oxygen atoms in total. The fraction of sp³-hybridized carbons (Fsp3) is 0.806. The maximum absolute atomic E-state index is 2.34. The molecule has 0 saturated carbocycles. The van der Waals surface area contributed by atoms with E-state index in [2.05, 4.69) is 67.7 Å². The summed E-state index contributed by atoms with van der Waals surface area (Å²) in [4.78, 5) is 0. The minimum Gasteiger partial charge on any atom is -0.143 e. The van der Waals surface area contributed by atoms with Gasteiger partial charge in [-0.2, -0.15) is 0 Å². The highest BCUT2D eigenvalue weighted by atomic mass is 32.2. The molecule has 0 fully saturated rings. The number of benzene rings is 1. The molecule has 0 N–H and O–H groups in total. The van der Waals surface area contributed by atoms with Crippen molar-refractivity contribution in [3.05, 3.63) is 35.9 Å². The molecular weight excluding hydrogens is 436 g/mol. The van der Waals surface area contributed by atoms with Crippen molar-refractivity contribution in [1.29, 1.82) is 0 Å². The predicted octanol–water partition coefficient (Wildman–Crippen LogP) is 12.0. The molecule has 33 heavy (non-hydrogen) atoms. The zero-order valence-electron chi connectivity index (χ0n) is 22.3. The van der Waals surface area contributed by atoms with E-state index in [1.807, 2.05) is 0 Å². The lowest BCUT2D eigenvalue weighted by atomic mass is 10.1. The first-order valence-corrected chi connectivity index (χ1v) is 16.8. The minimum absolute atomic E-state index is 0.628. The van der Waals surface area contributed by atoms with Gasteiger partial charge in [-0.05, 0) is 29.9 Å². The summed E-state index contributed by atoms with van der Waals surface area (Å²) in [6.07, 6.45) is 28.6. The van der Waals surface area contributed by atoms with Gasteiger partial charge in [0, 0.05) is 0 Å². The molecule has 0 spiro atoms. The minimum atomic E-state index is 0.628. The Balaban J connectivity index is 2.07. The molecule has 0 atom stereocenters. The topological polar surface area (TPSA) is 0 Å². The first kappa shape index (κ1) is 31.0. The van der Waals surface area contributed by atoms with Crippen molar-refractivity contribution >= 4 is 23.5 Å². The molecule has 2 heteroatoms. The van der Waals surface area contributed by atoms with E-state index < -0.39 is 0 Å². The summed E-state index contributed by atoms with van der Waals surface area (Å²) in [7, 11) is 0. The van der Waals surface area contributed by atoms with Crippen LogP contribution in [0, 0.1) is 0 Å². The fourth-order valence-corrected chi connectivity index (χ4v) is 7.24. The Bertz CT molecular complexity index is 461. The van der Waals surface area contributed by atoms with Gasteiger partial charge >= 0.3 is 0 Å². The van der Waals surface area contributed by atoms with Crippen LogP contribution in [0.1, 0.15) is 152 Å². The molecule has 192 valence electrons. The molecule has 0 saturated heterocycles. The maximum Gasteiger partial charge on any atom is 0.0751 e. The molecule has 0 amide bonds. The monoisotopic (exact) mass is 492 g/mol. The highest BCUT2D eigenvalue weighted by Crippen LogP contribution is 2.40. The van der Waals surface area contributed by atoms with Crippen LogP contribution < -0.4 is 0 Å². The van der Waals surface area contributed by atoms with Gasteiger partial charge in [0.25, 0.3) is 0 Å². The Morgan fingerprint density at radius 2 is 0.788 bits per heavy atom. The molecule has 1 aromatic carbocycles. The van der Waals surface area contributed by atoms with Gasteiger partial charge in [-0.25, -0.2) is 0 Å². The molecule has 1 rings (SSSR count). The lowest BCUT2D eigenvalue weighted by Gasteiger charge is -2.17. The van der Waals surface area contributed by atoms with Gasteiger partial charge in [0.1, 0.15) is 0 Å². The van der Waals surface area contributed by atoms with Crippen molar-refractivity contribution in [2.75, 3.05) is 11.5 Å². The van der Waals surface area contributed by atoms with Gasteiger partial charge in [-0.15, -0.1) is 23.5 Å². The summed E-state index contributed by atoms with van der Waals surface area (Å²) >= 11 is 4.39. The Hall–Kier alpha value is -0.0800. The molecule has 0 radical (unpaired) electrons. The average Bonchev–Trinajstić information content (AvgIpc) is 2.85. The van der Waals surface area contributed by atoms with Crippen LogP contribution in [-0.2, 0) is 0 Å². The van der Waals surface area contributed by atoms with Crippen molar-refractivity contribution in [3.63, 3.8) is 0 Å². The van der Waals surface area contributed by atoms with Crippen molar-refractivity contribution < 1.29 is 0 Å². The summed E-state index contributed by atoms with van der Waals surface area (Å²) in [6.45, 7) is 4.60. The standard InChI is InChI=1S/C31H56S2/c1-3-5-7-9-11-13-15-17-19-24-28-32-31(30-26-22-21-23-27-30)33-29-25-20-18-16-14-12-10-8-6-4-2/h21-23,26-27,31H,3-20,24-25,28-29H2,1-2H3. The van der Waals surface area contributed by atoms with E-state index >= 15 is 0 Å². The average molecular weight is 493 g/mol. The molecule has 0 aromatic heterocycles. The lowest BCUT2D eigenvalue weighted by molar-refractivity contribution is 0.563. The van der Waals surface area contributed by atoms with Gasteiger partial charge < -0.3 is 0 Å². The molecule has 0 bridgehead atoms. The van der Waals surface area contributed by atoms with Crippen LogP contribution in [0.5, 0.6) is 0 Å². The Morgan fingerprint density at radius 3 is 1.15 bits per heavy atom. The molecule has 0 heterocycles. The summed E-state index contributed by atoms with van der Waals surface area (Å²) in [5, 5.41) is 0. The van der Waals surface area contributed by atoms with Crippen LogP contribution in [0.25, 0.3) is 0 Å². The first-order valence-electron chi connectivity index (χ1n) is 14.7. The lowest BCUT2D eigenvalue weighted by Crippen LogP contribution is -1.94. The smallest absolute Gasteiger partial charge is 0.0751 e. The summed E-state index contributed by atoms with van der Waals surface area (Å²) in [5.74, 6) is 2.64. The highest BCUT2D eigenvalue weighted by Gasteiger charge is 2.12. The van der Waals surface area contributed by atoms with Gasteiger partial charge in [0.2, 0.25) is 0 Å². The zero-order chi connectivity index (χ0) is 23.7. The number of thioether (sulfide) groups is 2. The number of rotatable bonds is 25. The van der Waals surface area contributed by atoms with Gasteiger partial charge in [0.05, 0.1) is 4.58 Å². The second-order valence-corrected chi connectivity index (χ2v) is 12.6. The van der Waals surface area contributed by atoms with E-state index in [4.69, 9.17) is 0 Å². The third-order valence-electron chi connectivity index (χ3n) is 6.61. The van der Waals surface area contributed by atoms with Crippen LogP contribution >= 0.6 is 23.5 Å². The zero-order valence-corrected chi connectivity index (χ0v) is 24.0. The summed E-state index contributed by atoms with van der Waals surface area (Å²) < 4.78 is 0.628.